The zero-order valence-electron chi connectivity index (χ0n) is 16.7. The average molecular weight is 393 g/mol. The van der Waals surface area contributed by atoms with E-state index in [4.69, 9.17) is 19.6 Å². The van der Waals surface area contributed by atoms with E-state index in [2.05, 4.69) is 38.8 Å². The zero-order chi connectivity index (χ0) is 19.8. The molecule has 1 fully saturated rings. The Kier molecular flexibility index (Phi) is 5.70. The highest BCUT2D eigenvalue weighted by Gasteiger charge is 2.40. The second-order valence-corrected chi connectivity index (χ2v) is 13.2. The van der Waals surface area contributed by atoms with Gasteiger partial charge in [0.2, 0.25) is 0 Å². The Morgan fingerprint density at radius 2 is 1.96 bits per heavy atom. The van der Waals surface area contributed by atoms with E-state index in [1.54, 1.807) is 18.5 Å². The van der Waals surface area contributed by atoms with Crippen LogP contribution in [0.3, 0.4) is 0 Å². The van der Waals surface area contributed by atoms with Crippen LogP contribution in [0.4, 0.5) is 4.39 Å². The molecule has 2 N–H and O–H groups in total. The molecule has 0 saturated carbocycles. The normalized spacial score (nSPS) is 17.6. The van der Waals surface area contributed by atoms with Gasteiger partial charge in [0.25, 0.3) is 0 Å². The van der Waals surface area contributed by atoms with E-state index in [1.807, 2.05) is 0 Å². The Morgan fingerprint density at radius 3 is 2.56 bits per heavy atom. The second kappa shape index (κ2) is 7.56. The molecular weight excluding hydrogens is 363 g/mol. The van der Waals surface area contributed by atoms with E-state index in [-0.39, 0.29) is 17.4 Å². The summed E-state index contributed by atoms with van der Waals surface area (Å²) >= 11 is 0. The van der Waals surface area contributed by atoms with Crippen molar-refractivity contribution in [2.24, 2.45) is 5.73 Å². The van der Waals surface area contributed by atoms with Crippen molar-refractivity contribution in [3.05, 3.63) is 41.5 Å². The predicted molar refractivity (Wildman–Crippen MR) is 106 cm³/mol. The molecule has 2 aromatic rings. The molecule has 0 amide bonds. The number of aromatic nitrogens is 1. The van der Waals surface area contributed by atoms with Gasteiger partial charge in [-0.2, -0.15) is 0 Å². The van der Waals surface area contributed by atoms with Crippen LogP contribution in [0, 0.1) is 5.82 Å². The van der Waals surface area contributed by atoms with Crippen LogP contribution >= 0.6 is 0 Å². The fourth-order valence-corrected chi connectivity index (χ4v) is 4.37. The van der Waals surface area contributed by atoms with Gasteiger partial charge >= 0.3 is 0 Å². The van der Waals surface area contributed by atoms with Crippen molar-refractivity contribution in [3.8, 4) is 0 Å². The lowest BCUT2D eigenvalue weighted by atomic mass is 9.97. The summed E-state index contributed by atoms with van der Waals surface area (Å²) in [5, 5.41) is 1.57. The first-order chi connectivity index (χ1) is 12.7. The summed E-state index contributed by atoms with van der Waals surface area (Å²) in [5.74, 6) is -0.368. The SMILES string of the molecule is CC(C)(C)[Si](C)(C)OC(CN)c1cc(F)c(C2OCCO2)c2ccncc12. The van der Waals surface area contributed by atoms with Crippen molar-refractivity contribution in [2.45, 2.75) is 51.3 Å². The summed E-state index contributed by atoms with van der Waals surface area (Å²) < 4.78 is 32.7. The molecule has 1 unspecified atom stereocenters. The number of fused-ring (bicyclic) bond motifs is 1. The number of benzene rings is 1. The molecule has 3 rings (SSSR count). The maximum Gasteiger partial charge on any atom is 0.192 e. The molecule has 1 aromatic heterocycles. The molecule has 1 aliphatic rings. The summed E-state index contributed by atoms with van der Waals surface area (Å²) in [6, 6.07) is 3.30. The molecule has 0 radical (unpaired) electrons. The molecule has 0 spiro atoms. The van der Waals surface area contributed by atoms with Gasteiger partial charge in [0, 0.05) is 24.3 Å². The molecule has 148 valence electrons. The summed E-state index contributed by atoms with van der Waals surface area (Å²) in [6.07, 6.45) is 2.30. The third-order valence-electron chi connectivity index (χ3n) is 5.62. The van der Waals surface area contributed by atoms with Crippen molar-refractivity contribution in [1.29, 1.82) is 0 Å². The number of hydrogen-bond donors (Lipinski definition) is 1. The van der Waals surface area contributed by atoms with Gasteiger partial charge in [-0.25, -0.2) is 4.39 Å². The van der Waals surface area contributed by atoms with Crippen molar-refractivity contribution in [1.82, 2.24) is 4.98 Å². The molecule has 0 aliphatic carbocycles. The van der Waals surface area contributed by atoms with Crippen LogP contribution in [-0.2, 0) is 13.9 Å². The van der Waals surface area contributed by atoms with Crippen LogP contribution in [0.15, 0.2) is 24.5 Å². The fraction of sp³-hybridized carbons (Fsp3) is 0.550. The number of nitrogens with zero attached hydrogens (tertiary/aromatic N) is 1. The van der Waals surface area contributed by atoms with Crippen molar-refractivity contribution >= 4 is 19.1 Å². The number of nitrogens with two attached hydrogens (primary N) is 1. The highest BCUT2D eigenvalue weighted by molar-refractivity contribution is 6.74. The van der Waals surface area contributed by atoms with Crippen molar-refractivity contribution < 1.29 is 18.3 Å². The molecule has 1 aliphatic heterocycles. The lowest BCUT2D eigenvalue weighted by Gasteiger charge is -2.39. The molecular formula is C20H29FN2O3Si. The Bertz CT molecular complexity index is 817. The van der Waals surface area contributed by atoms with Gasteiger partial charge in [-0.3, -0.25) is 4.98 Å². The van der Waals surface area contributed by atoms with Gasteiger partial charge in [-0.1, -0.05) is 20.8 Å². The second-order valence-electron chi connectivity index (χ2n) is 8.46. The van der Waals surface area contributed by atoms with E-state index in [0.717, 1.165) is 16.3 Å². The van der Waals surface area contributed by atoms with Gasteiger partial charge in [-0.05, 0) is 41.2 Å². The van der Waals surface area contributed by atoms with Crippen LogP contribution in [0.5, 0.6) is 0 Å². The molecule has 7 heteroatoms. The van der Waals surface area contributed by atoms with Gasteiger partial charge in [0.15, 0.2) is 14.6 Å². The minimum atomic E-state index is -2.09. The van der Waals surface area contributed by atoms with Crippen LogP contribution < -0.4 is 5.73 Å². The largest absolute Gasteiger partial charge is 0.409 e. The van der Waals surface area contributed by atoms with E-state index in [1.165, 1.54) is 6.07 Å². The topological polar surface area (TPSA) is 66.6 Å². The Labute approximate surface area is 161 Å². The minimum absolute atomic E-state index is 0.0263. The first-order valence-electron chi connectivity index (χ1n) is 9.33. The summed E-state index contributed by atoms with van der Waals surface area (Å²) in [5.41, 5.74) is 7.20. The van der Waals surface area contributed by atoms with E-state index < -0.39 is 20.7 Å². The predicted octanol–water partition coefficient (Wildman–Crippen LogP) is 4.44. The number of ether oxygens (including phenoxy) is 2. The number of pyridine rings is 1. The maximum atomic E-state index is 15.1. The van der Waals surface area contributed by atoms with Crippen molar-refractivity contribution in [2.75, 3.05) is 19.8 Å². The molecule has 2 heterocycles. The molecule has 5 nitrogen and oxygen atoms in total. The fourth-order valence-electron chi connectivity index (χ4n) is 3.08. The summed E-state index contributed by atoms with van der Waals surface area (Å²) in [4.78, 5) is 4.24. The highest BCUT2D eigenvalue weighted by Crippen LogP contribution is 2.42. The maximum absolute atomic E-state index is 15.1. The summed E-state index contributed by atoms with van der Waals surface area (Å²) in [7, 11) is -2.09. The van der Waals surface area contributed by atoms with E-state index >= 15 is 4.39 Å². The zero-order valence-corrected chi connectivity index (χ0v) is 17.7. The quantitative estimate of drug-likeness (QED) is 0.762. The first kappa shape index (κ1) is 20.4. The van der Waals surface area contributed by atoms with Gasteiger partial charge in [0.05, 0.1) is 24.9 Å². The smallest absolute Gasteiger partial charge is 0.192 e. The number of halogens is 1. The van der Waals surface area contributed by atoms with Crippen LogP contribution in [0.2, 0.25) is 18.1 Å². The van der Waals surface area contributed by atoms with Crippen LogP contribution in [0.1, 0.15) is 44.3 Å². The van der Waals surface area contributed by atoms with Crippen molar-refractivity contribution in [3.63, 3.8) is 0 Å². The van der Waals surface area contributed by atoms with Crippen LogP contribution in [0.25, 0.3) is 10.8 Å². The first-order valence-corrected chi connectivity index (χ1v) is 12.2. The van der Waals surface area contributed by atoms with Crippen LogP contribution in [-0.4, -0.2) is 33.1 Å². The summed E-state index contributed by atoms with van der Waals surface area (Å²) in [6.45, 7) is 12.0. The molecule has 1 saturated heterocycles. The highest BCUT2D eigenvalue weighted by atomic mass is 28.4. The third kappa shape index (κ3) is 3.93. The number of rotatable bonds is 5. The Morgan fingerprint density at radius 1 is 1.30 bits per heavy atom. The molecule has 1 aromatic carbocycles. The Hall–Kier alpha value is -1.38. The van der Waals surface area contributed by atoms with Gasteiger partial charge < -0.3 is 19.6 Å². The monoisotopic (exact) mass is 392 g/mol. The molecule has 1 atom stereocenters. The number of hydrogen-bond acceptors (Lipinski definition) is 5. The Balaban J connectivity index is 2.10. The van der Waals surface area contributed by atoms with Gasteiger partial charge in [-0.15, -0.1) is 0 Å². The molecule has 0 bridgehead atoms. The minimum Gasteiger partial charge on any atom is -0.409 e. The lowest BCUT2D eigenvalue weighted by Crippen LogP contribution is -2.43. The van der Waals surface area contributed by atoms with Gasteiger partial charge in [0.1, 0.15) is 5.82 Å². The standard InChI is InChI=1S/C20H29FN2O3Si/c1-20(2,3)27(4,5)26-17(11-22)14-10-16(21)18(19-24-8-9-25-19)13-6-7-23-12-15(13)14/h6-7,10,12,17,19H,8-9,11,22H2,1-5H3. The average Bonchev–Trinajstić information content (AvgIpc) is 3.12. The lowest BCUT2D eigenvalue weighted by molar-refractivity contribution is -0.0453. The molecule has 27 heavy (non-hydrogen) atoms. The third-order valence-corrected chi connectivity index (χ3v) is 10.1. The van der Waals surface area contributed by atoms with E-state index in [0.29, 0.717) is 18.8 Å². The van der Waals surface area contributed by atoms with E-state index in [9.17, 15) is 0 Å².